The quantitative estimate of drug-likeness (QED) is 0.324. The molecule has 2 rings (SSSR count). The summed E-state index contributed by atoms with van der Waals surface area (Å²) in [5.41, 5.74) is 0.331. The van der Waals surface area contributed by atoms with E-state index in [1.807, 2.05) is 0 Å². The van der Waals surface area contributed by atoms with Gasteiger partial charge in [0.05, 0.1) is 4.90 Å². The molecule has 0 heterocycles. The molecule has 1 aromatic rings. The Hall–Kier alpha value is -1.75. The average molecular weight is 392 g/mol. The highest BCUT2D eigenvalue weighted by Crippen LogP contribution is 2.23. The zero-order valence-corrected chi connectivity index (χ0v) is 16.6. The van der Waals surface area contributed by atoms with Crippen LogP contribution in [0.1, 0.15) is 74.6 Å². The zero-order valence-electron chi connectivity index (χ0n) is 15.8. The van der Waals surface area contributed by atoms with Crippen molar-refractivity contribution >= 4 is 21.8 Å². The van der Waals surface area contributed by atoms with Crippen LogP contribution >= 0.6 is 0 Å². The van der Waals surface area contributed by atoms with Crippen molar-refractivity contribution in [1.82, 2.24) is 0 Å². The number of carbonyl (C=O) groups is 1. The van der Waals surface area contributed by atoms with Crippen molar-refractivity contribution in [2.45, 2.75) is 69.1 Å². The lowest BCUT2D eigenvalue weighted by molar-refractivity contribution is 0.104. The van der Waals surface area contributed by atoms with Crippen LogP contribution in [0.3, 0.4) is 0 Å². The van der Waals surface area contributed by atoms with Gasteiger partial charge in [0.25, 0.3) is 10.1 Å². The first-order chi connectivity index (χ1) is 13.0. The Morgan fingerprint density at radius 1 is 1.04 bits per heavy atom. The Morgan fingerprint density at radius 2 is 1.59 bits per heavy atom. The van der Waals surface area contributed by atoms with Gasteiger partial charge < -0.3 is 0 Å². The minimum atomic E-state index is -4.25. The van der Waals surface area contributed by atoms with E-state index in [9.17, 15) is 13.2 Å². The summed E-state index contributed by atoms with van der Waals surface area (Å²) in [5.74, 6) is 3.13. The van der Waals surface area contributed by atoms with Crippen molar-refractivity contribution < 1.29 is 17.8 Å². The molecule has 0 aliphatic heterocycles. The number of hydrogen-bond donors (Lipinski definition) is 1. The number of aliphatic imine (C=N–C) groups is 1. The monoisotopic (exact) mass is 391 g/mol. The van der Waals surface area contributed by atoms with E-state index < -0.39 is 10.1 Å². The van der Waals surface area contributed by atoms with E-state index in [-0.39, 0.29) is 10.7 Å². The minimum absolute atomic E-state index is 0.234. The predicted octanol–water partition coefficient (Wildman–Crippen LogP) is 4.87. The summed E-state index contributed by atoms with van der Waals surface area (Å²) in [6, 6.07) is 5.13. The highest BCUT2D eigenvalue weighted by atomic mass is 32.2. The van der Waals surface area contributed by atoms with Crippen LogP contribution in [-0.2, 0) is 10.1 Å². The molecular formula is C21H29NO4S. The smallest absolute Gasteiger partial charge is 0.289 e. The van der Waals surface area contributed by atoms with E-state index in [0.717, 1.165) is 12.3 Å². The van der Waals surface area contributed by atoms with Gasteiger partial charge in [0.2, 0.25) is 0 Å². The van der Waals surface area contributed by atoms with E-state index in [1.54, 1.807) is 0 Å². The van der Waals surface area contributed by atoms with Gasteiger partial charge in [0.1, 0.15) is 0 Å². The number of ketones is 1. The molecule has 1 fully saturated rings. The molecule has 0 atom stereocenters. The topological polar surface area (TPSA) is 83.8 Å². The van der Waals surface area contributed by atoms with Gasteiger partial charge in [-0.15, -0.1) is 0 Å². The van der Waals surface area contributed by atoms with E-state index in [4.69, 9.17) is 4.55 Å². The summed E-state index contributed by atoms with van der Waals surface area (Å²) in [4.78, 5) is 16.0. The fourth-order valence-electron chi connectivity index (χ4n) is 3.47. The van der Waals surface area contributed by atoms with Crippen molar-refractivity contribution in [2.24, 2.45) is 10.9 Å². The summed E-state index contributed by atoms with van der Waals surface area (Å²) < 4.78 is 30.9. The molecule has 0 aromatic heterocycles. The second kappa shape index (κ2) is 11.2. The molecule has 1 aliphatic carbocycles. The van der Waals surface area contributed by atoms with Crippen LogP contribution in [0.5, 0.6) is 0 Å². The van der Waals surface area contributed by atoms with Gasteiger partial charge in [-0.25, -0.2) is 4.99 Å². The standard InChI is InChI=1S/C21H29NO4S/c23-21(19-10-12-20(13-11-19)27(24,25)26)15-17-22-16-14-18-8-6-4-2-1-3-5-7-9-18/h10-13,15,18H,1-9,14,16H2,(H,24,25,26). The number of benzene rings is 1. The van der Waals surface area contributed by atoms with Crippen molar-refractivity contribution in [3.63, 3.8) is 0 Å². The fraction of sp³-hybridized carbons (Fsp3) is 0.571. The molecule has 27 heavy (non-hydrogen) atoms. The Balaban J connectivity index is 1.81. The molecule has 148 valence electrons. The lowest BCUT2D eigenvalue weighted by Gasteiger charge is -2.17. The SMILES string of the molecule is O=C(C=C=NCCC1CCCCCCCCC1)c1ccc(S(=O)(=O)O)cc1. The highest BCUT2D eigenvalue weighted by molar-refractivity contribution is 7.85. The third-order valence-corrected chi connectivity index (χ3v) is 5.97. The van der Waals surface area contributed by atoms with Gasteiger partial charge in [-0.3, -0.25) is 9.35 Å². The molecule has 1 saturated carbocycles. The number of rotatable bonds is 6. The van der Waals surface area contributed by atoms with E-state index in [2.05, 4.69) is 10.9 Å². The Kier molecular flexibility index (Phi) is 8.92. The van der Waals surface area contributed by atoms with Gasteiger partial charge in [-0.2, -0.15) is 8.42 Å². The van der Waals surface area contributed by atoms with Gasteiger partial charge in [-0.05, 0) is 42.5 Å². The van der Waals surface area contributed by atoms with Crippen LogP contribution in [-0.4, -0.2) is 31.2 Å². The Bertz CT molecular complexity index is 752. The largest absolute Gasteiger partial charge is 0.294 e. The molecule has 0 unspecified atom stereocenters. The lowest BCUT2D eigenvalue weighted by Crippen LogP contribution is -2.04. The predicted molar refractivity (Wildman–Crippen MR) is 107 cm³/mol. The Morgan fingerprint density at radius 3 is 2.15 bits per heavy atom. The molecule has 0 spiro atoms. The van der Waals surface area contributed by atoms with Crippen molar-refractivity contribution in [3.05, 3.63) is 35.9 Å². The highest BCUT2D eigenvalue weighted by Gasteiger charge is 2.11. The average Bonchev–Trinajstić information content (AvgIpc) is 2.65. The molecule has 0 radical (unpaired) electrons. The van der Waals surface area contributed by atoms with Crippen molar-refractivity contribution in [3.8, 4) is 0 Å². The Labute approximate surface area is 162 Å². The number of hydrogen-bond acceptors (Lipinski definition) is 4. The summed E-state index contributed by atoms with van der Waals surface area (Å²) in [6.07, 6.45) is 14.3. The first-order valence-corrected chi connectivity index (χ1v) is 11.3. The second-order valence-corrected chi connectivity index (χ2v) is 8.65. The van der Waals surface area contributed by atoms with Crippen LogP contribution < -0.4 is 0 Å². The molecule has 5 nitrogen and oxygen atoms in total. The fourth-order valence-corrected chi connectivity index (χ4v) is 3.95. The van der Waals surface area contributed by atoms with E-state index >= 15 is 0 Å². The second-order valence-electron chi connectivity index (χ2n) is 7.23. The summed E-state index contributed by atoms with van der Waals surface area (Å²) in [5, 5.41) is 0. The third-order valence-electron chi connectivity index (χ3n) is 5.10. The number of carbonyl (C=O) groups excluding carboxylic acids is 1. The van der Waals surface area contributed by atoms with Gasteiger partial charge >= 0.3 is 0 Å². The summed E-state index contributed by atoms with van der Waals surface area (Å²) in [7, 11) is -4.25. The van der Waals surface area contributed by atoms with Gasteiger partial charge in [-0.1, -0.05) is 57.8 Å². The van der Waals surface area contributed by atoms with Crippen molar-refractivity contribution in [2.75, 3.05) is 6.54 Å². The summed E-state index contributed by atoms with van der Waals surface area (Å²) >= 11 is 0. The molecule has 1 aliphatic rings. The minimum Gasteiger partial charge on any atom is -0.289 e. The molecule has 0 bridgehead atoms. The van der Waals surface area contributed by atoms with Gasteiger partial charge in [0, 0.05) is 18.2 Å². The molecular weight excluding hydrogens is 362 g/mol. The normalized spacial score (nSPS) is 16.9. The molecule has 0 saturated heterocycles. The molecule has 0 amide bonds. The van der Waals surface area contributed by atoms with Crippen molar-refractivity contribution in [1.29, 1.82) is 0 Å². The van der Waals surface area contributed by atoms with Crippen LogP contribution in [0.25, 0.3) is 0 Å². The summed E-state index contributed by atoms with van der Waals surface area (Å²) in [6.45, 7) is 0.677. The molecule has 1 N–H and O–H groups in total. The molecule has 1 aromatic carbocycles. The first kappa shape index (κ1) is 21.5. The first-order valence-electron chi connectivity index (χ1n) is 9.84. The number of allylic oxidation sites excluding steroid dienone is 1. The van der Waals surface area contributed by atoms with Crippen LogP contribution in [0.15, 0.2) is 40.2 Å². The molecule has 6 heteroatoms. The van der Waals surface area contributed by atoms with E-state index in [1.165, 1.54) is 88.1 Å². The lowest BCUT2D eigenvalue weighted by atomic mass is 9.90. The number of nitrogens with zero attached hydrogens (tertiary/aromatic N) is 1. The van der Waals surface area contributed by atoms with Crippen LogP contribution in [0.4, 0.5) is 0 Å². The van der Waals surface area contributed by atoms with E-state index in [0.29, 0.717) is 12.1 Å². The third kappa shape index (κ3) is 8.21. The van der Waals surface area contributed by atoms with Crippen LogP contribution in [0.2, 0.25) is 0 Å². The zero-order chi connectivity index (χ0) is 19.5. The van der Waals surface area contributed by atoms with Crippen LogP contribution in [0, 0.1) is 5.92 Å². The van der Waals surface area contributed by atoms with Gasteiger partial charge in [0.15, 0.2) is 5.78 Å². The maximum Gasteiger partial charge on any atom is 0.294 e. The maximum absolute atomic E-state index is 12.0. The maximum atomic E-state index is 12.0.